The first kappa shape index (κ1) is 9.59. The smallest absolute Gasteiger partial charge is 0.199 e. The van der Waals surface area contributed by atoms with Crippen molar-refractivity contribution in [1.29, 1.82) is 0 Å². The van der Waals surface area contributed by atoms with Gasteiger partial charge in [0.2, 0.25) is 0 Å². The van der Waals surface area contributed by atoms with Crippen LogP contribution >= 0.6 is 0 Å². The first-order valence-electron chi connectivity index (χ1n) is 5.49. The Morgan fingerprint density at radius 3 is 3.06 bits per heavy atom. The Hall–Kier alpha value is -1.62. The molecule has 5 heteroatoms. The highest BCUT2D eigenvalue weighted by Gasteiger charge is 2.23. The van der Waals surface area contributed by atoms with E-state index in [1.165, 1.54) is 0 Å². The average molecular weight is 218 g/mol. The van der Waals surface area contributed by atoms with Crippen molar-refractivity contribution in [3.63, 3.8) is 0 Å². The van der Waals surface area contributed by atoms with Gasteiger partial charge in [0.1, 0.15) is 11.6 Å². The molecule has 0 spiro atoms. The van der Waals surface area contributed by atoms with Gasteiger partial charge in [-0.25, -0.2) is 0 Å². The van der Waals surface area contributed by atoms with Crippen LogP contribution in [0.5, 0.6) is 0 Å². The van der Waals surface area contributed by atoms with E-state index in [0.29, 0.717) is 0 Å². The summed E-state index contributed by atoms with van der Waals surface area (Å²) >= 11 is 0. The molecule has 84 valence electrons. The zero-order valence-electron chi connectivity index (χ0n) is 9.40. The molecule has 5 nitrogen and oxygen atoms in total. The van der Waals surface area contributed by atoms with E-state index in [1.807, 2.05) is 19.1 Å². The van der Waals surface area contributed by atoms with E-state index in [0.717, 1.165) is 36.3 Å². The minimum atomic E-state index is 0.256. The number of hydrogen-bond donors (Lipinski definition) is 1. The van der Waals surface area contributed by atoms with Crippen molar-refractivity contribution in [1.82, 2.24) is 20.1 Å². The molecule has 1 aliphatic rings. The molecule has 0 amide bonds. The predicted octanol–water partition coefficient (Wildman–Crippen LogP) is 1.51. The third-order valence-corrected chi connectivity index (χ3v) is 2.91. The SMILES string of the molecule is Cc1ccc(-c2nnc3n2CCNC3C)o1. The summed E-state index contributed by atoms with van der Waals surface area (Å²) in [6.45, 7) is 5.86. The van der Waals surface area contributed by atoms with Gasteiger partial charge in [0.25, 0.3) is 0 Å². The number of nitrogens with one attached hydrogen (secondary N) is 1. The van der Waals surface area contributed by atoms with Gasteiger partial charge in [-0.3, -0.25) is 0 Å². The number of aryl methyl sites for hydroxylation is 1. The van der Waals surface area contributed by atoms with E-state index in [-0.39, 0.29) is 6.04 Å². The molecule has 2 aromatic heterocycles. The Morgan fingerprint density at radius 2 is 2.31 bits per heavy atom. The molecule has 0 radical (unpaired) electrons. The standard InChI is InChI=1S/C11H14N4O/c1-7-3-4-9(16-7)11-14-13-10-8(2)12-5-6-15(10)11/h3-4,8,12H,5-6H2,1-2H3. The zero-order valence-corrected chi connectivity index (χ0v) is 9.40. The van der Waals surface area contributed by atoms with E-state index in [9.17, 15) is 0 Å². The first-order chi connectivity index (χ1) is 7.75. The summed E-state index contributed by atoms with van der Waals surface area (Å²) in [6.07, 6.45) is 0. The largest absolute Gasteiger partial charge is 0.458 e. The minimum absolute atomic E-state index is 0.256. The number of nitrogens with zero attached hydrogens (tertiary/aromatic N) is 3. The highest BCUT2D eigenvalue weighted by atomic mass is 16.3. The van der Waals surface area contributed by atoms with Crippen LogP contribution < -0.4 is 5.32 Å². The lowest BCUT2D eigenvalue weighted by atomic mass is 10.2. The second kappa shape index (κ2) is 3.45. The highest BCUT2D eigenvalue weighted by Crippen LogP contribution is 2.24. The monoisotopic (exact) mass is 218 g/mol. The lowest BCUT2D eigenvalue weighted by Crippen LogP contribution is -2.32. The van der Waals surface area contributed by atoms with Crippen LogP contribution in [0.15, 0.2) is 16.5 Å². The molecule has 0 saturated heterocycles. The molecule has 3 heterocycles. The van der Waals surface area contributed by atoms with Crippen molar-refractivity contribution in [3.8, 4) is 11.6 Å². The van der Waals surface area contributed by atoms with Gasteiger partial charge in [0, 0.05) is 13.1 Å². The first-order valence-corrected chi connectivity index (χ1v) is 5.49. The van der Waals surface area contributed by atoms with Crippen LogP contribution in [0.2, 0.25) is 0 Å². The number of aromatic nitrogens is 3. The van der Waals surface area contributed by atoms with Gasteiger partial charge in [0.15, 0.2) is 11.6 Å². The molecule has 1 atom stereocenters. The fourth-order valence-electron chi connectivity index (χ4n) is 2.08. The van der Waals surface area contributed by atoms with Crippen LogP contribution in [-0.2, 0) is 6.54 Å². The van der Waals surface area contributed by atoms with E-state index < -0.39 is 0 Å². The number of fused-ring (bicyclic) bond motifs is 1. The summed E-state index contributed by atoms with van der Waals surface area (Å²) < 4.78 is 7.71. The number of furan rings is 1. The molecule has 16 heavy (non-hydrogen) atoms. The van der Waals surface area contributed by atoms with E-state index in [1.54, 1.807) is 0 Å². The lowest BCUT2D eigenvalue weighted by Gasteiger charge is -2.21. The van der Waals surface area contributed by atoms with Gasteiger partial charge in [-0.15, -0.1) is 10.2 Å². The summed E-state index contributed by atoms with van der Waals surface area (Å²) in [4.78, 5) is 0. The normalized spacial score (nSPS) is 19.8. The Morgan fingerprint density at radius 1 is 1.44 bits per heavy atom. The van der Waals surface area contributed by atoms with Gasteiger partial charge in [-0.1, -0.05) is 0 Å². The molecule has 1 unspecified atom stereocenters. The Bertz CT molecular complexity index is 514. The van der Waals surface area contributed by atoms with Crippen LogP contribution in [0, 0.1) is 6.92 Å². The molecule has 0 saturated carbocycles. The molecule has 1 N–H and O–H groups in total. The maximum atomic E-state index is 5.59. The molecule has 0 bridgehead atoms. The van der Waals surface area contributed by atoms with Crippen LogP contribution in [0.1, 0.15) is 24.6 Å². The lowest BCUT2D eigenvalue weighted by molar-refractivity contribution is 0.435. The fraction of sp³-hybridized carbons (Fsp3) is 0.455. The summed E-state index contributed by atoms with van der Waals surface area (Å²) in [5, 5.41) is 11.8. The summed E-state index contributed by atoms with van der Waals surface area (Å²) in [5.74, 6) is 3.51. The zero-order chi connectivity index (χ0) is 11.1. The number of rotatable bonds is 1. The average Bonchev–Trinajstić information content (AvgIpc) is 2.84. The minimum Gasteiger partial charge on any atom is -0.458 e. The van der Waals surface area contributed by atoms with E-state index >= 15 is 0 Å². The van der Waals surface area contributed by atoms with Crippen molar-refractivity contribution in [2.75, 3.05) is 6.54 Å². The number of hydrogen-bond acceptors (Lipinski definition) is 4. The van der Waals surface area contributed by atoms with E-state index in [4.69, 9.17) is 4.42 Å². The van der Waals surface area contributed by atoms with Crippen LogP contribution in [-0.4, -0.2) is 21.3 Å². The summed E-state index contributed by atoms with van der Waals surface area (Å²) in [6, 6.07) is 4.15. The molecule has 2 aromatic rings. The van der Waals surface area contributed by atoms with Crippen molar-refractivity contribution in [3.05, 3.63) is 23.7 Å². The Balaban J connectivity index is 2.09. The van der Waals surface area contributed by atoms with Crippen LogP contribution in [0.3, 0.4) is 0 Å². The molecular weight excluding hydrogens is 204 g/mol. The predicted molar refractivity (Wildman–Crippen MR) is 58.9 cm³/mol. The summed E-state index contributed by atoms with van der Waals surface area (Å²) in [5.41, 5.74) is 0. The Kier molecular flexibility index (Phi) is 2.07. The van der Waals surface area contributed by atoms with Crippen molar-refractivity contribution in [2.45, 2.75) is 26.4 Å². The molecule has 0 aromatic carbocycles. The maximum Gasteiger partial charge on any atom is 0.199 e. The highest BCUT2D eigenvalue weighted by molar-refractivity contribution is 5.48. The Labute approximate surface area is 93.5 Å². The fourth-order valence-corrected chi connectivity index (χ4v) is 2.08. The third-order valence-electron chi connectivity index (χ3n) is 2.91. The third kappa shape index (κ3) is 1.36. The van der Waals surface area contributed by atoms with Crippen molar-refractivity contribution >= 4 is 0 Å². The molecular formula is C11H14N4O. The van der Waals surface area contributed by atoms with Crippen molar-refractivity contribution in [2.24, 2.45) is 0 Å². The second-order valence-corrected chi connectivity index (χ2v) is 4.12. The van der Waals surface area contributed by atoms with Crippen LogP contribution in [0.4, 0.5) is 0 Å². The van der Waals surface area contributed by atoms with Gasteiger partial charge in [0.05, 0.1) is 6.04 Å². The topological polar surface area (TPSA) is 55.9 Å². The summed E-state index contributed by atoms with van der Waals surface area (Å²) in [7, 11) is 0. The maximum absolute atomic E-state index is 5.59. The van der Waals surface area contributed by atoms with Gasteiger partial charge < -0.3 is 14.3 Å². The second-order valence-electron chi connectivity index (χ2n) is 4.12. The van der Waals surface area contributed by atoms with Gasteiger partial charge in [-0.05, 0) is 26.0 Å². The molecule has 0 aliphatic carbocycles. The molecule has 0 fully saturated rings. The van der Waals surface area contributed by atoms with Crippen LogP contribution in [0.25, 0.3) is 11.6 Å². The van der Waals surface area contributed by atoms with Gasteiger partial charge in [-0.2, -0.15) is 0 Å². The molecule has 3 rings (SSSR count). The van der Waals surface area contributed by atoms with E-state index in [2.05, 4.69) is 27.0 Å². The van der Waals surface area contributed by atoms with Crippen molar-refractivity contribution < 1.29 is 4.42 Å². The quantitative estimate of drug-likeness (QED) is 0.788. The van der Waals surface area contributed by atoms with Gasteiger partial charge >= 0.3 is 0 Å². The molecule has 1 aliphatic heterocycles.